The molecule has 2 N–H and O–H groups in total. The zero-order valence-electron chi connectivity index (χ0n) is 25.1. The molecule has 4 heteroatoms. The number of amides is 1. The predicted octanol–water partition coefficient (Wildman–Crippen LogP) is 8.00. The van der Waals surface area contributed by atoms with Crippen LogP contribution in [0.25, 0.3) is 0 Å². The highest BCUT2D eigenvalue weighted by molar-refractivity contribution is 5.79. The molecule has 4 saturated carbocycles. The van der Waals surface area contributed by atoms with Crippen LogP contribution in [0.4, 0.5) is 0 Å². The molecule has 0 spiro atoms. The lowest BCUT2D eigenvalue weighted by Gasteiger charge is -2.62. The lowest BCUT2D eigenvalue weighted by molar-refractivity contribution is -0.159. The van der Waals surface area contributed by atoms with E-state index in [1.54, 1.807) is 0 Å². The first-order valence-corrected chi connectivity index (χ1v) is 16.8. The molecule has 218 valence electrons. The maximum absolute atomic E-state index is 12.4. The van der Waals surface area contributed by atoms with E-state index >= 15 is 0 Å². The van der Waals surface area contributed by atoms with Gasteiger partial charge in [-0.25, -0.2) is 0 Å². The van der Waals surface area contributed by atoms with Gasteiger partial charge in [0.15, 0.2) is 0 Å². The number of rotatable bonds is 14. The maximum Gasteiger partial charge on any atom is 0.219 e. The summed E-state index contributed by atoms with van der Waals surface area (Å²) in [6, 6.07) is 0. The molecule has 0 unspecified atom stereocenters. The topological polar surface area (TPSA) is 66.4 Å². The molecule has 0 saturated heterocycles. The Morgan fingerprint density at radius 2 is 1.66 bits per heavy atom. The van der Waals surface area contributed by atoms with Crippen molar-refractivity contribution in [3.8, 4) is 0 Å². The summed E-state index contributed by atoms with van der Waals surface area (Å²) >= 11 is 0. The second-order valence-electron chi connectivity index (χ2n) is 14.5. The molecule has 0 aromatic rings. The van der Waals surface area contributed by atoms with Crippen LogP contribution in [0.2, 0.25) is 0 Å². The summed E-state index contributed by atoms with van der Waals surface area (Å²) in [5.41, 5.74) is 0.445. The maximum atomic E-state index is 12.4. The first kappa shape index (κ1) is 30.1. The van der Waals surface area contributed by atoms with E-state index in [0.29, 0.717) is 35.4 Å². The fourth-order valence-electron chi connectivity index (χ4n) is 9.97. The summed E-state index contributed by atoms with van der Waals surface area (Å²) in [7, 11) is 0. The third-order valence-electron chi connectivity index (χ3n) is 12.1. The summed E-state index contributed by atoms with van der Waals surface area (Å²) in [4.78, 5) is 24.3. The fourth-order valence-corrected chi connectivity index (χ4v) is 9.97. The predicted molar refractivity (Wildman–Crippen MR) is 156 cm³/mol. The molecule has 38 heavy (non-hydrogen) atoms. The van der Waals surface area contributed by atoms with Crippen molar-refractivity contribution in [3.63, 3.8) is 0 Å². The van der Waals surface area contributed by atoms with Crippen LogP contribution in [0, 0.1) is 40.4 Å². The fraction of sp³-hybridized carbons (Fsp3) is 0.941. The van der Waals surface area contributed by atoms with E-state index in [4.69, 9.17) is 0 Å². The molecule has 0 heterocycles. The molecule has 0 aromatic carbocycles. The Morgan fingerprint density at radius 3 is 2.42 bits per heavy atom. The quantitative estimate of drug-likeness (QED) is 0.224. The average Bonchev–Trinajstić information content (AvgIpc) is 3.19. The van der Waals surface area contributed by atoms with Gasteiger partial charge in [0, 0.05) is 25.8 Å². The molecule has 4 fully saturated rings. The molecule has 0 radical (unpaired) electrons. The molecule has 4 nitrogen and oxygen atoms in total. The lowest BCUT2D eigenvalue weighted by atomic mass is 9.42. The number of hydrogen-bond donors (Lipinski definition) is 2. The van der Waals surface area contributed by atoms with Gasteiger partial charge in [-0.15, -0.1) is 0 Å². The van der Waals surface area contributed by atoms with Gasteiger partial charge in [0.1, 0.15) is 5.78 Å². The van der Waals surface area contributed by atoms with E-state index in [-0.39, 0.29) is 17.4 Å². The zero-order valence-corrected chi connectivity index (χ0v) is 25.1. The van der Waals surface area contributed by atoms with Gasteiger partial charge in [-0.3, -0.25) is 9.59 Å². The minimum atomic E-state index is -0.118. The first-order chi connectivity index (χ1) is 18.3. The molecular weight excluding hydrogens is 470 g/mol. The van der Waals surface area contributed by atoms with Gasteiger partial charge >= 0.3 is 0 Å². The first-order valence-electron chi connectivity index (χ1n) is 16.8. The zero-order chi connectivity index (χ0) is 27.2. The largest absolute Gasteiger partial charge is 0.393 e. The summed E-state index contributed by atoms with van der Waals surface area (Å²) in [6.07, 6.45) is 22.7. The van der Waals surface area contributed by atoms with Crippen molar-refractivity contribution in [2.24, 2.45) is 40.4 Å². The van der Waals surface area contributed by atoms with Gasteiger partial charge in [0.2, 0.25) is 5.91 Å². The number of carbonyl (C=O) groups is 2. The number of Topliss-reactive ketones (excluding diaryl/α,β-unsaturated/α-hetero) is 1. The Balaban J connectivity index is 1.21. The van der Waals surface area contributed by atoms with Crippen LogP contribution in [-0.2, 0) is 9.59 Å². The monoisotopic (exact) mass is 529 g/mol. The van der Waals surface area contributed by atoms with Crippen LogP contribution in [0.5, 0.6) is 0 Å². The van der Waals surface area contributed by atoms with E-state index in [9.17, 15) is 14.7 Å². The SMILES string of the molecule is CCCCCNC(=O)CCCCCCCCC[C@H]1C[C@]2(C)[C@@H](O)CC[C@H]2[C@@H]2CC[C@H]3CC(=O)CC[C@]3(C)[C@@H]12. The summed E-state index contributed by atoms with van der Waals surface area (Å²) in [6.45, 7) is 8.01. The highest BCUT2D eigenvalue weighted by Crippen LogP contribution is 2.68. The van der Waals surface area contributed by atoms with Gasteiger partial charge in [-0.2, -0.15) is 0 Å². The van der Waals surface area contributed by atoms with Crippen molar-refractivity contribution in [2.75, 3.05) is 6.54 Å². The standard InChI is InChI=1S/C34H59NO3/c1-4-5-13-22-35-31(38)15-12-10-8-6-7-9-11-14-25-24-34(3)29(18-19-30(34)37)28-17-16-26-23-27(36)20-21-33(26,2)32(25)28/h25-26,28-30,32,37H,4-24H2,1-3H3,(H,35,38)/t25-,26-,28-,29-,30-,32-,33-,34-/m0/s1. The molecule has 4 aliphatic carbocycles. The minimum absolute atomic E-state index is 0.113. The van der Waals surface area contributed by atoms with Gasteiger partial charge in [-0.1, -0.05) is 78.6 Å². The minimum Gasteiger partial charge on any atom is -0.393 e. The molecule has 0 bridgehead atoms. The second kappa shape index (κ2) is 13.6. The summed E-state index contributed by atoms with van der Waals surface area (Å²) in [5.74, 6) is 4.25. The molecule has 0 aromatic heterocycles. The van der Waals surface area contributed by atoms with E-state index < -0.39 is 0 Å². The van der Waals surface area contributed by atoms with E-state index in [1.165, 1.54) is 83.5 Å². The van der Waals surface area contributed by atoms with E-state index in [2.05, 4.69) is 26.1 Å². The van der Waals surface area contributed by atoms with E-state index in [1.807, 2.05) is 0 Å². The molecule has 1 amide bonds. The smallest absolute Gasteiger partial charge is 0.219 e. The average molecular weight is 530 g/mol. The summed E-state index contributed by atoms with van der Waals surface area (Å²) in [5, 5.41) is 14.1. The molecule has 4 aliphatic rings. The van der Waals surface area contributed by atoms with Gasteiger partial charge < -0.3 is 10.4 Å². The van der Waals surface area contributed by atoms with Gasteiger partial charge in [0.05, 0.1) is 6.10 Å². The molecular formula is C34H59NO3. The molecule has 0 aliphatic heterocycles. The molecule has 4 rings (SSSR count). The van der Waals surface area contributed by atoms with Crippen molar-refractivity contribution < 1.29 is 14.7 Å². The lowest BCUT2D eigenvalue weighted by Crippen LogP contribution is -2.57. The normalized spacial score (nSPS) is 38.4. The number of carbonyl (C=O) groups excluding carboxylic acids is 2. The number of unbranched alkanes of at least 4 members (excludes halogenated alkanes) is 8. The Kier molecular flexibility index (Phi) is 10.8. The van der Waals surface area contributed by atoms with Gasteiger partial charge in [-0.05, 0) is 91.8 Å². The van der Waals surface area contributed by atoms with Crippen LogP contribution < -0.4 is 5.32 Å². The number of nitrogens with one attached hydrogen (secondary N) is 1. The Morgan fingerprint density at radius 1 is 0.921 bits per heavy atom. The van der Waals surface area contributed by atoms with Gasteiger partial charge in [0.25, 0.3) is 0 Å². The highest BCUT2D eigenvalue weighted by Gasteiger charge is 2.62. The van der Waals surface area contributed by atoms with Crippen LogP contribution in [0.15, 0.2) is 0 Å². The number of fused-ring (bicyclic) bond motifs is 5. The van der Waals surface area contributed by atoms with Crippen molar-refractivity contribution in [2.45, 2.75) is 155 Å². The number of aliphatic hydroxyl groups excluding tert-OH is 1. The van der Waals surface area contributed by atoms with Crippen LogP contribution in [0.1, 0.15) is 149 Å². The Bertz CT molecular complexity index is 782. The number of ketones is 1. The molecule has 8 atom stereocenters. The third kappa shape index (κ3) is 6.69. The van der Waals surface area contributed by atoms with Crippen molar-refractivity contribution in [3.05, 3.63) is 0 Å². The van der Waals surface area contributed by atoms with Crippen LogP contribution >= 0.6 is 0 Å². The Labute approximate surface area is 233 Å². The number of hydrogen-bond acceptors (Lipinski definition) is 3. The second-order valence-corrected chi connectivity index (χ2v) is 14.5. The van der Waals surface area contributed by atoms with E-state index in [0.717, 1.165) is 56.9 Å². The third-order valence-corrected chi connectivity index (χ3v) is 12.1. The summed E-state index contributed by atoms with van der Waals surface area (Å²) < 4.78 is 0. The van der Waals surface area contributed by atoms with Crippen LogP contribution in [0.3, 0.4) is 0 Å². The Hall–Kier alpha value is -0.900. The van der Waals surface area contributed by atoms with Crippen molar-refractivity contribution >= 4 is 11.7 Å². The number of aliphatic hydroxyl groups is 1. The highest BCUT2D eigenvalue weighted by atomic mass is 16.3. The van der Waals surface area contributed by atoms with Crippen molar-refractivity contribution in [1.82, 2.24) is 5.32 Å². The van der Waals surface area contributed by atoms with Crippen molar-refractivity contribution in [1.29, 1.82) is 0 Å². The van der Waals surface area contributed by atoms with Crippen LogP contribution in [-0.4, -0.2) is 29.4 Å².